The van der Waals surface area contributed by atoms with Crippen molar-refractivity contribution in [1.29, 1.82) is 0 Å². The summed E-state index contributed by atoms with van der Waals surface area (Å²) >= 11 is 6.24. The molecule has 3 rings (SSSR count). The van der Waals surface area contributed by atoms with E-state index < -0.39 is 22.5 Å². The molecule has 0 unspecified atom stereocenters. The summed E-state index contributed by atoms with van der Waals surface area (Å²) in [5, 5.41) is 2.88. The first-order valence-electron chi connectivity index (χ1n) is 11.7. The van der Waals surface area contributed by atoms with Crippen LogP contribution >= 0.6 is 11.6 Å². The third kappa shape index (κ3) is 8.04. The van der Waals surface area contributed by atoms with Crippen LogP contribution in [0.2, 0.25) is 5.02 Å². The Kier molecular flexibility index (Phi) is 10.1. The van der Waals surface area contributed by atoms with Crippen LogP contribution in [0.4, 0.5) is 5.69 Å². The second-order valence-corrected chi connectivity index (χ2v) is 10.4. The number of hydrogen-bond acceptors (Lipinski definition) is 6. The highest BCUT2D eigenvalue weighted by Gasteiger charge is 2.28. The lowest BCUT2D eigenvalue weighted by molar-refractivity contribution is -0.142. The molecule has 3 aromatic rings. The van der Waals surface area contributed by atoms with Crippen LogP contribution in [0.1, 0.15) is 25.0 Å². The zero-order chi connectivity index (χ0) is 26.8. The summed E-state index contributed by atoms with van der Waals surface area (Å²) < 4.78 is 38.5. The maximum absolute atomic E-state index is 13.5. The Bertz CT molecular complexity index is 1310. The van der Waals surface area contributed by atoms with E-state index in [2.05, 4.69) is 5.32 Å². The summed E-state index contributed by atoms with van der Waals surface area (Å²) in [6, 6.07) is 19.9. The van der Waals surface area contributed by atoms with Gasteiger partial charge in [0.25, 0.3) is 0 Å². The fourth-order valence-corrected chi connectivity index (χ4v) is 5.23. The zero-order valence-electron chi connectivity index (χ0n) is 20.6. The molecule has 37 heavy (non-hydrogen) atoms. The number of esters is 1. The molecular weight excluding hydrogens is 516 g/mol. The Balaban J connectivity index is 1.79. The largest absolute Gasteiger partial charge is 0.492 e. The second kappa shape index (κ2) is 13.2. The van der Waals surface area contributed by atoms with Gasteiger partial charge in [-0.3, -0.25) is 9.59 Å². The molecule has 0 atom stereocenters. The highest BCUT2D eigenvalue weighted by molar-refractivity contribution is 7.89. The van der Waals surface area contributed by atoms with Gasteiger partial charge in [-0.05, 0) is 55.3 Å². The Hall–Kier alpha value is -3.40. The van der Waals surface area contributed by atoms with Crippen molar-refractivity contribution in [2.45, 2.75) is 31.7 Å². The van der Waals surface area contributed by atoms with E-state index in [1.165, 1.54) is 18.2 Å². The number of rotatable bonds is 12. The lowest BCUT2D eigenvalue weighted by atomic mass is 10.1. The number of halogens is 1. The first-order chi connectivity index (χ1) is 17.7. The number of carbonyl (C=O) groups is 2. The molecule has 0 saturated heterocycles. The molecule has 8 nitrogen and oxygen atoms in total. The van der Waals surface area contributed by atoms with Gasteiger partial charge in [-0.2, -0.15) is 4.31 Å². The van der Waals surface area contributed by atoms with Crippen LogP contribution in [0.25, 0.3) is 0 Å². The van der Waals surface area contributed by atoms with Crippen molar-refractivity contribution < 1.29 is 27.5 Å². The molecule has 3 aromatic carbocycles. The summed E-state index contributed by atoms with van der Waals surface area (Å²) in [4.78, 5) is 24.5. The van der Waals surface area contributed by atoms with E-state index in [1.54, 1.807) is 62.4 Å². The quantitative estimate of drug-likeness (QED) is 0.332. The molecule has 0 fully saturated rings. The SMILES string of the molecule is CCOC(=O)Cc1ccc(NC(=O)CN(Cc2ccccc2)S(=O)(=O)c2ccc(OCC)c(Cl)c2)cc1. The van der Waals surface area contributed by atoms with Gasteiger partial charge in [-0.25, -0.2) is 8.42 Å². The third-order valence-electron chi connectivity index (χ3n) is 5.25. The van der Waals surface area contributed by atoms with Crippen molar-refractivity contribution in [3.8, 4) is 5.75 Å². The lowest BCUT2D eigenvalue weighted by Gasteiger charge is -2.22. The maximum Gasteiger partial charge on any atom is 0.310 e. The van der Waals surface area contributed by atoms with Gasteiger partial charge < -0.3 is 14.8 Å². The van der Waals surface area contributed by atoms with Crippen LogP contribution < -0.4 is 10.1 Å². The van der Waals surface area contributed by atoms with Gasteiger partial charge >= 0.3 is 5.97 Å². The fourth-order valence-electron chi connectivity index (χ4n) is 3.52. The van der Waals surface area contributed by atoms with Gasteiger partial charge in [0.15, 0.2) is 0 Å². The predicted molar refractivity (Wildman–Crippen MR) is 142 cm³/mol. The number of amides is 1. The van der Waals surface area contributed by atoms with Crippen molar-refractivity contribution in [3.63, 3.8) is 0 Å². The number of sulfonamides is 1. The highest BCUT2D eigenvalue weighted by Crippen LogP contribution is 2.29. The minimum absolute atomic E-state index is 0.0140. The number of ether oxygens (including phenoxy) is 2. The van der Waals surface area contributed by atoms with Gasteiger partial charge in [-0.15, -0.1) is 0 Å². The Morgan fingerprint density at radius 1 is 0.919 bits per heavy atom. The molecular formula is C27H29ClN2O6S. The second-order valence-electron chi connectivity index (χ2n) is 8.01. The molecule has 0 aromatic heterocycles. The van der Waals surface area contributed by atoms with Crippen LogP contribution in [0.15, 0.2) is 77.7 Å². The summed E-state index contributed by atoms with van der Waals surface area (Å²) in [7, 11) is -4.09. The number of nitrogens with zero attached hydrogens (tertiary/aromatic N) is 1. The van der Waals surface area contributed by atoms with E-state index >= 15 is 0 Å². The number of anilines is 1. The predicted octanol–water partition coefficient (Wildman–Crippen LogP) is 4.67. The van der Waals surface area contributed by atoms with Gasteiger partial charge in [-0.1, -0.05) is 54.1 Å². The van der Waals surface area contributed by atoms with Crippen LogP contribution in [0, 0.1) is 0 Å². The molecule has 0 radical (unpaired) electrons. The van der Waals surface area contributed by atoms with E-state index in [1.807, 2.05) is 6.07 Å². The molecule has 196 valence electrons. The maximum atomic E-state index is 13.5. The summed E-state index contributed by atoms with van der Waals surface area (Å²) in [5.41, 5.74) is 1.93. The molecule has 0 heterocycles. The zero-order valence-corrected chi connectivity index (χ0v) is 22.2. The Labute approximate surface area is 222 Å². The first kappa shape index (κ1) is 28.2. The van der Waals surface area contributed by atoms with Crippen molar-refractivity contribution in [2.75, 3.05) is 25.1 Å². The highest BCUT2D eigenvalue weighted by atomic mass is 35.5. The first-order valence-corrected chi connectivity index (χ1v) is 13.6. The molecule has 0 aliphatic rings. The van der Waals surface area contributed by atoms with Crippen molar-refractivity contribution >= 4 is 39.2 Å². The number of hydrogen-bond donors (Lipinski definition) is 1. The molecule has 0 bridgehead atoms. The molecule has 0 saturated carbocycles. The van der Waals surface area contributed by atoms with Crippen LogP contribution in [0.3, 0.4) is 0 Å². The Morgan fingerprint density at radius 3 is 2.24 bits per heavy atom. The van der Waals surface area contributed by atoms with Gasteiger partial charge in [0.1, 0.15) is 5.75 Å². The van der Waals surface area contributed by atoms with Crippen LogP contribution in [-0.2, 0) is 37.3 Å². The van der Waals surface area contributed by atoms with Crippen molar-refractivity contribution in [1.82, 2.24) is 4.31 Å². The third-order valence-corrected chi connectivity index (χ3v) is 7.34. The minimum Gasteiger partial charge on any atom is -0.492 e. The lowest BCUT2D eigenvalue weighted by Crippen LogP contribution is -2.37. The van der Waals surface area contributed by atoms with E-state index in [0.29, 0.717) is 24.7 Å². The van der Waals surface area contributed by atoms with E-state index in [-0.39, 0.29) is 28.9 Å². The average molecular weight is 545 g/mol. The minimum atomic E-state index is -4.09. The van der Waals surface area contributed by atoms with Crippen molar-refractivity contribution in [2.24, 2.45) is 0 Å². The molecule has 0 aliphatic heterocycles. The molecule has 1 N–H and O–H groups in total. The van der Waals surface area contributed by atoms with E-state index in [4.69, 9.17) is 21.1 Å². The number of nitrogens with one attached hydrogen (secondary N) is 1. The fraction of sp³-hybridized carbons (Fsp3) is 0.259. The van der Waals surface area contributed by atoms with Crippen molar-refractivity contribution in [3.05, 3.63) is 88.9 Å². The van der Waals surface area contributed by atoms with Crippen LogP contribution in [-0.4, -0.2) is 44.4 Å². The summed E-state index contributed by atoms with van der Waals surface area (Å²) in [6.07, 6.45) is 0.121. The van der Waals surface area contributed by atoms with E-state index in [9.17, 15) is 18.0 Å². The van der Waals surface area contributed by atoms with E-state index in [0.717, 1.165) is 15.4 Å². The van der Waals surface area contributed by atoms with Gasteiger partial charge in [0.2, 0.25) is 15.9 Å². The summed E-state index contributed by atoms with van der Waals surface area (Å²) in [5.74, 6) is -0.480. The number of benzene rings is 3. The average Bonchev–Trinajstić information content (AvgIpc) is 2.87. The van der Waals surface area contributed by atoms with Gasteiger partial charge in [0.05, 0.1) is 36.1 Å². The standard InChI is InChI=1S/C27H29ClN2O6S/c1-3-35-25-15-14-23(17-24(25)28)37(33,34)30(18-21-8-6-5-7-9-21)19-26(31)29-22-12-10-20(11-13-22)16-27(32)36-4-2/h5-15,17H,3-4,16,18-19H2,1-2H3,(H,29,31). The molecule has 0 spiro atoms. The summed E-state index contributed by atoms with van der Waals surface area (Å²) in [6.45, 7) is 3.79. The molecule has 0 aliphatic carbocycles. The number of carbonyl (C=O) groups excluding carboxylic acids is 2. The molecule has 1 amide bonds. The Morgan fingerprint density at radius 2 is 1.62 bits per heavy atom. The smallest absolute Gasteiger partial charge is 0.310 e. The normalized spacial score (nSPS) is 11.2. The topological polar surface area (TPSA) is 102 Å². The monoisotopic (exact) mass is 544 g/mol. The molecule has 10 heteroatoms. The van der Waals surface area contributed by atoms with Crippen LogP contribution in [0.5, 0.6) is 5.75 Å². The van der Waals surface area contributed by atoms with Gasteiger partial charge in [0, 0.05) is 12.2 Å².